The molecule has 0 amide bonds. The molecule has 0 radical (unpaired) electrons. The van der Waals surface area contributed by atoms with Crippen LogP contribution in [0.25, 0.3) is 0 Å². The molecule has 0 aliphatic heterocycles. The lowest BCUT2D eigenvalue weighted by molar-refractivity contribution is 0.555. The van der Waals surface area contributed by atoms with Crippen LogP contribution in [0.5, 0.6) is 0 Å². The second-order valence-electron chi connectivity index (χ2n) is 4.14. The van der Waals surface area contributed by atoms with Gasteiger partial charge in [-0.05, 0) is 38.6 Å². The first-order valence-corrected chi connectivity index (χ1v) is 6.48. The van der Waals surface area contributed by atoms with Crippen molar-refractivity contribution in [2.75, 3.05) is 6.54 Å². The maximum absolute atomic E-state index is 5.71. The quantitative estimate of drug-likeness (QED) is 0.352. The highest BCUT2D eigenvalue weighted by atomic mass is 14.5. The van der Waals surface area contributed by atoms with Crippen LogP contribution >= 0.6 is 0 Å². The van der Waals surface area contributed by atoms with E-state index in [1.807, 2.05) is 0 Å². The van der Waals surface area contributed by atoms with Gasteiger partial charge in [-0.15, -0.1) is 0 Å². The minimum Gasteiger partial charge on any atom is -0.330 e. The molecule has 0 aromatic carbocycles. The van der Waals surface area contributed by atoms with Gasteiger partial charge in [0.25, 0.3) is 0 Å². The molecule has 0 rings (SSSR count). The van der Waals surface area contributed by atoms with Crippen molar-refractivity contribution in [1.29, 1.82) is 0 Å². The Bertz CT molecular complexity index is 213. The second kappa shape index (κ2) is 12.3. The zero-order chi connectivity index (χ0) is 12.1. The summed E-state index contributed by atoms with van der Waals surface area (Å²) in [6.45, 7) is 5.05. The van der Waals surface area contributed by atoms with Crippen molar-refractivity contribution in [3.8, 4) is 0 Å². The van der Waals surface area contributed by atoms with Gasteiger partial charge in [0.15, 0.2) is 0 Å². The Hall–Kier alpha value is -0.820. The van der Waals surface area contributed by atoms with Crippen LogP contribution in [0.3, 0.4) is 0 Å². The third kappa shape index (κ3) is 9.72. The SMILES string of the molecule is CC=CCC(CN)CC=CC=CCCCC. The van der Waals surface area contributed by atoms with Crippen molar-refractivity contribution in [1.82, 2.24) is 0 Å². The van der Waals surface area contributed by atoms with E-state index in [4.69, 9.17) is 5.73 Å². The Morgan fingerprint density at radius 3 is 2.38 bits per heavy atom. The summed E-state index contributed by atoms with van der Waals surface area (Å²) in [5, 5.41) is 0. The summed E-state index contributed by atoms with van der Waals surface area (Å²) in [5.74, 6) is 0.594. The lowest BCUT2D eigenvalue weighted by atomic mass is 10.0. The highest BCUT2D eigenvalue weighted by Gasteiger charge is 2.00. The van der Waals surface area contributed by atoms with Crippen molar-refractivity contribution < 1.29 is 0 Å². The minimum atomic E-state index is 0.594. The van der Waals surface area contributed by atoms with Gasteiger partial charge in [0, 0.05) is 0 Å². The molecule has 1 atom stereocenters. The fraction of sp³-hybridized carbons (Fsp3) is 0.600. The number of unbranched alkanes of at least 4 members (excludes halogenated alkanes) is 2. The third-order valence-corrected chi connectivity index (χ3v) is 2.62. The molecule has 0 aromatic rings. The fourth-order valence-electron chi connectivity index (χ4n) is 1.46. The third-order valence-electron chi connectivity index (χ3n) is 2.62. The molecule has 0 heterocycles. The molecule has 0 aliphatic carbocycles. The Labute approximate surface area is 101 Å². The van der Waals surface area contributed by atoms with E-state index in [0.717, 1.165) is 19.4 Å². The summed E-state index contributed by atoms with van der Waals surface area (Å²) in [7, 11) is 0. The molecular formula is C15H27N. The van der Waals surface area contributed by atoms with Crippen LogP contribution in [-0.2, 0) is 0 Å². The van der Waals surface area contributed by atoms with E-state index in [9.17, 15) is 0 Å². The van der Waals surface area contributed by atoms with Crippen molar-refractivity contribution in [2.45, 2.75) is 46.0 Å². The van der Waals surface area contributed by atoms with Gasteiger partial charge in [0.1, 0.15) is 0 Å². The molecule has 0 aromatic heterocycles. The molecule has 0 saturated heterocycles. The first-order chi connectivity index (χ1) is 7.85. The Kier molecular flexibility index (Phi) is 11.6. The molecule has 1 heteroatoms. The minimum absolute atomic E-state index is 0.594. The molecule has 0 saturated carbocycles. The van der Waals surface area contributed by atoms with Gasteiger partial charge >= 0.3 is 0 Å². The Morgan fingerprint density at radius 1 is 1.06 bits per heavy atom. The fourth-order valence-corrected chi connectivity index (χ4v) is 1.46. The average Bonchev–Trinajstić information content (AvgIpc) is 2.32. The summed E-state index contributed by atoms with van der Waals surface area (Å²) >= 11 is 0. The second-order valence-corrected chi connectivity index (χ2v) is 4.14. The number of hydrogen-bond acceptors (Lipinski definition) is 1. The zero-order valence-corrected chi connectivity index (χ0v) is 10.9. The molecule has 16 heavy (non-hydrogen) atoms. The predicted molar refractivity (Wildman–Crippen MR) is 74.4 cm³/mol. The van der Waals surface area contributed by atoms with Gasteiger partial charge in [0.05, 0.1) is 0 Å². The van der Waals surface area contributed by atoms with E-state index in [1.165, 1.54) is 19.3 Å². The van der Waals surface area contributed by atoms with Gasteiger partial charge in [-0.1, -0.05) is 56.2 Å². The van der Waals surface area contributed by atoms with E-state index >= 15 is 0 Å². The highest BCUT2D eigenvalue weighted by Crippen LogP contribution is 2.08. The largest absolute Gasteiger partial charge is 0.330 e. The van der Waals surface area contributed by atoms with Crippen molar-refractivity contribution in [3.05, 3.63) is 36.5 Å². The maximum atomic E-state index is 5.71. The first-order valence-electron chi connectivity index (χ1n) is 6.48. The predicted octanol–water partition coefficient (Wildman–Crippen LogP) is 4.22. The Morgan fingerprint density at radius 2 is 1.75 bits per heavy atom. The molecule has 0 aliphatic rings. The summed E-state index contributed by atoms with van der Waals surface area (Å²) in [6.07, 6.45) is 19.0. The maximum Gasteiger partial charge on any atom is -0.00429 e. The molecule has 0 fully saturated rings. The van der Waals surface area contributed by atoms with Crippen molar-refractivity contribution in [2.24, 2.45) is 11.7 Å². The van der Waals surface area contributed by atoms with Crippen molar-refractivity contribution in [3.63, 3.8) is 0 Å². The monoisotopic (exact) mass is 221 g/mol. The molecule has 0 bridgehead atoms. The normalized spacial score (nSPS) is 14.4. The van der Waals surface area contributed by atoms with E-state index < -0.39 is 0 Å². The molecule has 0 spiro atoms. The van der Waals surface area contributed by atoms with Gasteiger partial charge < -0.3 is 5.73 Å². The number of nitrogens with two attached hydrogens (primary N) is 1. The smallest absolute Gasteiger partial charge is 0.00429 e. The van der Waals surface area contributed by atoms with Crippen LogP contribution in [0.2, 0.25) is 0 Å². The van der Waals surface area contributed by atoms with E-state index in [1.54, 1.807) is 0 Å². The van der Waals surface area contributed by atoms with Gasteiger partial charge in [-0.2, -0.15) is 0 Å². The first kappa shape index (κ1) is 15.2. The summed E-state index contributed by atoms with van der Waals surface area (Å²) in [5.41, 5.74) is 5.71. The topological polar surface area (TPSA) is 26.0 Å². The number of allylic oxidation sites excluding steroid dienone is 6. The zero-order valence-electron chi connectivity index (χ0n) is 10.9. The van der Waals surface area contributed by atoms with Crippen LogP contribution in [0.4, 0.5) is 0 Å². The summed E-state index contributed by atoms with van der Waals surface area (Å²) < 4.78 is 0. The average molecular weight is 221 g/mol. The molecule has 92 valence electrons. The van der Waals surface area contributed by atoms with E-state index in [-0.39, 0.29) is 0 Å². The highest BCUT2D eigenvalue weighted by molar-refractivity contribution is 5.03. The lowest BCUT2D eigenvalue weighted by Crippen LogP contribution is -2.12. The van der Waals surface area contributed by atoms with Gasteiger partial charge in [-0.3, -0.25) is 0 Å². The number of rotatable bonds is 9. The molecule has 1 nitrogen and oxygen atoms in total. The van der Waals surface area contributed by atoms with Crippen molar-refractivity contribution >= 4 is 0 Å². The molecule has 1 unspecified atom stereocenters. The lowest BCUT2D eigenvalue weighted by Gasteiger charge is -2.08. The molecule has 2 N–H and O–H groups in total. The molecular weight excluding hydrogens is 194 g/mol. The van der Waals surface area contributed by atoms with Crippen LogP contribution < -0.4 is 5.73 Å². The van der Waals surface area contributed by atoms with Crippen LogP contribution in [-0.4, -0.2) is 6.54 Å². The van der Waals surface area contributed by atoms with Gasteiger partial charge in [0.2, 0.25) is 0 Å². The van der Waals surface area contributed by atoms with E-state index in [0.29, 0.717) is 5.92 Å². The van der Waals surface area contributed by atoms with Crippen LogP contribution in [0.15, 0.2) is 36.5 Å². The Balaban J connectivity index is 3.66. The van der Waals surface area contributed by atoms with Gasteiger partial charge in [-0.25, -0.2) is 0 Å². The van der Waals surface area contributed by atoms with E-state index in [2.05, 4.69) is 50.3 Å². The number of hydrogen-bond donors (Lipinski definition) is 1. The summed E-state index contributed by atoms with van der Waals surface area (Å²) in [4.78, 5) is 0. The summed E-state index contributed by atoms with van der Waals surface area (Å²) in [6, 6.07) is 0. The van der Waals surface area contributed by atoms with Crippen LogP contribution in [0, 0.1) is 5.92 Å². The standard InChI is InChI=1S/C15H27N/c1-3-5-7-8-9-10-11-13-15(14-16)12-6-4-2/h4,6,8-11,15H,3,5,7,12-14,16H2,1-2H3. The van der Waals surface area contributed by atoms with Crippen LogP contribution in [0.1, 0.15) is 46.0 Å².